The van der Waals surface area contributed by atoms with Gasteiger partial charge < -0.3 is 9.47 Å². The van der Waals surface area contributed by atoms with Crippen molar-refractivity contribution >= 4 is 39.1 Å². The van der Waals surface area contributed by atoms with Gasteiger partial charge in [0.2, 0.25) is 0 Å². The van der Waals surface area contributed by atoms with E-state index in [1.54, 1.807) is 13.1 Å². The first-order valence-corrected chi connectivity index (χ1v) is 6.13. The molecule has 2 unspecified atom stereocenters. The zero-order chi connectivity index (χ0) is 11.7. The summed E-state index contributed by atoms with van der Waals surface area (Å²) in [4.78, 5) is 19.8. The van der Waals surface area contributed by atoms with Gasteiger partial charge in [0, 0.05) is 6.92 Å². The van der Waals surface area contributed by atoms with E-state index in [1.807, 2.05) is 0 Å². The van der Waals surface area contributed by atoms with Gasteiger partial charge in [-0.1, -0.05) is 0 Å². The van der Waals surface area contributed by atoms with Crippen molar-refractivity contribution in [3.05, 3.63) is 15.0 Å². The lowest BCUT2D eigenvalue weighted by Crippen LogP contribution is -2.25. The predicted molar refractivity (Wildman–Crippen MR) is 62.6 cm³/mol. The molecule has 0 saturated carbocycles. The molecule has 16 heavy (non-hydrogen) atoms. The molecule has 86 valence electrons. The number of methoxy groups -OCH3 is 1. The Hall–Kier alpha value is -0.950. The molecule has 2 atom stereocenters. The Labute approximate surface area is 105 Å². The smallest absolute Gasteiger partial charge is 0.335 e. The number of ether oxygens (including phenoxy) is 2. The standard InChI is InChI=1S/C9H9BrN2O3S/c1-4-12-6(9(13)14-2)7(15-4)8-11-3-5(10)16-8/h3,6-7H,1-2H3. The molecular formula is C9H9BrN2O3S. The van der Waals surface area contributed by atoms with Crippen molar-refractivity contribution in [1.82, 2.24) is 4.98 Å². The molecule has 0 spiro atoms. The number of nitrogens with zero attached hydrogens (tertiary/aromatic N) is 2. The van der Waals surface area contributed by atoms with Crippen LogP contribution in [0.5, 0.6) is 0 Å². The van der Waals surface area contributed by atoms with Crippen molar-refractivity contribution in [3.8, 4) is 0 Å². The molecule has 7 heteroatoms. The topological polar surface area (TPSA) is 60.8 Å². The number of halogens is 1. The quantitative estimate of drug-likeness (QED) is 0.783. The summed E-state index contributed by atoms with van der Waals surface area (Å²) in [5, 5.41) is 0.711. The largest absolute Gasteiger partial charge is 0.468 e. The van der Waals surface area contributed by atoms with Gasteiger partial charge in [-0.05, 0) is 15.9 Å². The van der Waals surface area contributed by atoms with Gasteiger partial charge in [0.05, 0.1) is 17.1 Å². The van der Waals surface area contributed by atoms with E-state index in [-0.39, 0.29) is 0 Å². The molecule has 0 radical (unpaired) electrons. The van der Waals surface area contributed by atoms with E-state index in [9.17, 15) is 4.79 Å². The first-order valence-electron chi connectivity index (χ1n) is 4.52. The summed E-state index contributed by atoms with van der Waals surface area (Å²) in [6.45, 7) is 1.71. The predicted octanol–water partition coefficient (Wildman–Crippen LogP) is 1.94. The molecule has 1 aromatic rings. The lowest BCUT2D eigenvalue weighted by atomic mass is 10.2. The highest BCUT2D eigenvalue weighted by Gasteiger charge is 2.39. The van der Waals surface area contributed by atoms with Crippen molar-refractivity contribution in [1.29, 1.82) is 0 Å². The Morgan fingerprint density at radius 1 is 1.69 bits per heavy atom. The monoisotopic (exact) mass is 304 g/mol. The number of hydrogen-bond donors (Lipinski definition) is 0. The zero-order valence-electron chi connectivity index (χ0n) is 8.64. The van der Waals surface area contributed by atoms with Crippen LogP contribution in [0.1, 0.15) is 18.0 Å². The fourth-order valence-corrected chi connectivity index (χ4v) is 2.73. The number of esters is 1. The molecule has 0 aliphatic carbocycles. The van der Waals surface area contributed by atoms with E-state index < -0.39 is 18.1 Å². The normalized spacial score (nSPS) is 23.8. The molecule has 5 nitrogen and oxygen atoms in total. The lowest BCUT2D eigenvalue weighted by molar-refractivity contribution is -0.143. The average molecular weight is 305 g/mol. The Morgan fingerprint density at radius 2 is 2.44 bits per heavy atom. The number of rotatable bonds is 2. The van der Waals surface area contributed by atoms with E-state index in [0.717, 1.165) is 3.79 Å². The zero-order valence-corrected chi connectivity index (χ0v) is 11.0. The first-order chi connectivity index (χ1) is 7.61. The van der Waals surface area contributed by atoms with E-state index in [2.05, 4.69) is 30.6 Å². The number of carbonyl (C=O) groups excluding carboxylic acids is 1. The molecule has 0 N–H and O–H groups in total. The Bertz CT molecular complexity index is 446. The highest BCUT2D eigenvalue weighted by atomic mass is 79.9. The second-order valence-corrected chi connectivity index (χ2v) is 5.60. The Balaban J connectivity index is 2.25. The molecule has 2 heterocycles. The van der Waals surface area contributed by atoms with Crippen molar-refractivity contribution in [2.24, 2.45) is 4.99 Å². The number of hydrogen-bond acceptors (Lipinski definition) is 6. The van der Waals surface area contributed by atoms with Gasteiger partial charge in [-0.3, -0.25) is 0 Å². The third-order valence-electron chi connectivity index (χ3n) is 2.09. The van der Waals surface area contributed by atoms with E-state index in [0.29, 0.717) is 10.9 Å². The summed E-state index contributed by atoms with van der Waals surface area (Å²) in [5.74, 6) is 0.0693. The number of thiazole rings is 1. The summed E-state index contributed by atoms with van der Waals surface area (Å²) in [6.07, 6.45) is 1.20. The second kappa shape index (κ2) is 4.50. The van der Waals surface area contributed by atoms with Crippen LogP contribution in [0.4, 0.5) is 0 Å². The first kappa shape index (κ1) is 11.5. The van der Waals surface area contributed by atoms with Crippen molar-refractivity contribution in [2.75, 3.05) is 7.11 Å². The van der Waals surface area contributed by atoms with Gasteiger partial charge in [-0.25, -0.2) is 14.8 Å². The molecule has 0 aromatic carbocycles. The van der Waals surface area contributed by atoms with Crippen LogP contribution in [0, 0.1) is 0 Å². The van der Waals surface area contributed by atoms with Crippen molar-refractivity contribution < 1.29 is 14.3 Å². The SMILES string of the molecule is COC(=O)C1N=C(C)OC1c1ncc(Br)s1. The lowest BCUT2D eigenvalue weighted by Gasteiger charge is -2.12. The second-order valence-electron chi connectivity index (χ2n) is 3.16. The highest BCUT2D eigenvalue weighted by Crippen LogP contribution is 2.34. The summed E-state index contributed by atoms with van der Waals surface area (Å²) in [5.41, 5.74) is 0. The minimum Gasteiger partial charge on any atom is -0.468 e. The summed E-state index contributed by atoms with van der Waals surface area (Å²) < 4.78 is 11.0. The van der Waals surface area contributed by atoms with Crippen LogP contribution in [0.3, 0.4) is 0 Å². The molecule has 0 amide bonds. The molecule has 0 saturated heterocycles. The Kier molecular flexibility index (Phi) is 3.25. The molecule has 1 aliphatic heterocycles. The molecule has 1 aromatic heterocycles. The Morgan fingerprint density at radius 3 is 3.00 bits per heavy atom. The van der Waals surface area contributed by atoms with E-state index >= 15 is 0 Å². The minimum atomic E-state index is -0.650. The molecule has 0 bridgehead atoms. The maximum absolute atomic E-state index is 11.5. The van der Waals surface area contributed by atoms with E-state index in [4.69, 9.17) is 4.74 Å². The van der Waals surface area contributed by atoms with Crippen molar-refractivity contribution in [2.45, 2.75) is 19.1 Å². The number of aromatic nitrogens is 1. The van der Waals surface area contributed by atoms with Crippen LogP contribution in [0.25, 0.3) is 0 Å². The summed E-state index contributed by atoms with van der Waals surface area (Å²) in [7, 11) is 1.33. The summed E-state index contributed by atoms with van der Waals surface area (Å²) in [6, 6.07) is -0.650. The highest BCUT2D eigenvalue weighted by molar-refractivity contribution is 9.11. The van der Waals surface area contributed by atoms with Gasteiger partial charge >= 0.3 is 5.97 Å². The fraction of sp³-hybridized carbons (Fsp3) is 0.444. The van der Waals surface area contributed by atoms with Crippen LogP contribution in [-0.2, 0) is 14.3 Å². The van der Waals surface area contributed by atoms with Crippen molar-refractivity contribution in [3.63, 3.8) is 0 Å². The van der Waals surface area contributed by atoms with Crippen LogP contribution in [0.15, 0.2) is 15.0 Å². The third-order valence-corrected chi connectivity index (χ3v) is 3.62. The molecule has 2 rings (SSSR count). The van der Waals surface area contributed by atoms with Gasteiger partial charge in [0.25, 0.3) is 0 Å². The minimum absolute atomic E-state index is 0.409. The number of aliphatic imine (C=N–C) groups is 1. The van der Waals surface area contributed by atoms with Crippen LogP contribution in [-0.4, -0.2) is 30.0 Å². The molecule has 1 aliphatic rings. The maximum Gasteiger partial charge on any atom is 0.335 e. The van der Waals surface area contributed by atoms with Gasteiger partial charge in [-0.15, -0.1) is 11.3 Å². The molecule has 0 fully saturated rings. The van der Waals surface area contributed by atoms with Crippen LogP contribution in [0.2, 0.25) is 0 Å². The van der Waals surface area contributed by atoms with Crippen LogP contribution >= 0.6 is 27.3 Å². The third kappa shape index (κ3) is 2.10. The van der Waals surface area contributed by atoms with Gasteiger partial charge in [0.15, 0.2) is 18.0 Å². The average Bonchev–Trinajstić information content (AvgIpc) is 2.83. The summed E-state index contributed by atoms with van der Waals surface area (Å²) >= 11 is 4.73. The number of carbonyl (C=O) groups is 1. The van der Waals surface area contributed by atoms with E-state index in [1.165, 1.54) is 18.4 Å². The van der Waals surface area contributed by atoms with Crippen LogP contribution < -0.4 is 0 Å². The van der Waals surface area contributed by atoms with Gasteiger partial charge in [-0.2, -0.15) is 0 Å². The fourth-order valence-electron chi connectivity index (χ4n) is 1.42. The van der Waals surface area contributed by atoms with Gasteiger partial charge in [0.1, 0.15) is 5.01 Å². The maximum atomic E-state index is 11.5. The molecular weight excluding hydrogens is 296 g/mol.